The van der Waals surface area contributed by atoms with Gasteiger partial charge >= 0.3 is 17.7 Å². The van der Waals surface area contributed by atoms with Crippen molar-refractivity contribution in [2.45, 2.75) is 26.7 Å². The first-order chi connectivity index (χ1) is 6.70. The summed E-state index contributed by atoms with van der Waals surface area (Å²) in [6.07, 6.45) is 0.935. The number of esters is 1. The van der Waals surface area contributed by atoms with E-state index in [0.717, 1.165) is 19.9 Å². The Balaban J connectivity index is 4.96. The lowest BCUT2D eigenvalue weighted by Gasteiger charge is -2.28. The highest BCUT2D eigenvalue weighted by Gasteiger charge is 2.54. The molecular formula is C10H14F2O3. The van der Waals surface area contributed by atoms with Crippen LogP contribution in [0.5, 0.6) is 0 Å². The molecule has 86 valence electrons. The Bertz CT molecular complexity index is 282. The normalized spacial score (nSPS) is 12.1. The number of hydrogen-bond donors (Lipinski definition) is 0. The summed E-state index contributed by atoms with van der Waals surface area (Å²) in [6, 6.07) is 0. The minimum atomic E-state index is -3.80. The lowest BCUT2D eigenvalue weighted by molar-refractivity contribution is -0.173. The van der Waals surface area contributed by atoms with Crippen molar-refractivity contribution in [2.75, 3.05) is 6.61 Å². The molecule has 0 aliphatic rings. The van der Waals surface area contributed by atoms with Crippen LogP contribution in [0.3, 0.4) is 0 Å². The van der Waals surface area contributed by atoms with Crippen LogP contribution in [-0.2, 0) is 14.3 Å². The number of carbonyl (C=O) groups excluding carboxylic acids is 2. The fourth-order valence-electron chi connectivity index (χ4n) is 0.746. The number of alkyl halides is 2. The fraction of sp³-hybridized carbons (Fsp3) is 0.600. The summed E-state index contributed by atoms with van der Waals surface area (Å²) in [7, 11) is 0. The minimum absolute atomic E-state index is 0.116. The number of ether oxygens (including phenoxy) is 1. The van der Waals surface area contributed by atoms with E-state index >= 15 is 0 Å². The van der Waals surface area contributed by atoms with Crippen molar-refractivity contribution in [2.24, 2.45) is 5.41 Å². The van der Waals surface area contributed by atoms with Crippen LogP contribution in [0.25, 0.3) is 0 Å². The first-order valence-electron chi connectivity index (χ1n) is 4.43. The maximum absolute atomic E-state index is 13.4. The summed E-state index contributed by atoms with van der Waals surface area (Å²) in [5.74, 6) is -7.16. The first kappa shape index (κ1) is 13.7. The van der Waals surface area contributed by atoms with Gasteiger partial charge in [0.25, 0.3) is 0 Å². The fourth-order valence-corrected chi connectivity index (χ4v) is 0.746. The Kier molecular flexibility index (Phi) is 4.13. The van der Waals surface area contributed by atoms with Crippen molar-refractivity contribution in [3.63, 3.8) is 0 Å². The maximum Gasteiger partial charge on any atom is 0.381 e. The number of carbonyl (C=O) groups is 2. The van der Waals surface area contributed by atoms with E-state index < -0.39 is 23.1 Å². The van der Waals surface area contributed by atoms with Gasteiger partial charge in [0.05, 0.1) is 12.0 Å². The van der Waals surface area contributed by atoms with E-state index in [1.165, 1.54) is 6.92 Å². The van der Waals surface area contributed by atoms with Crippen LogP contribution in [0, 0.1) is 5.41 Å². The second-order valence-electron chi connectivity index (χ2n) is 3.55. The maximum atomic E-state index is 13.4. The number of allylic oxidation sites excluding steroid dienone is 1. The highest BCUT2D eigenvalue weighted by molar-refractivity contribution is 6.36. The molecule has 0 fully saturated rings. The molecule has 0 saturated carbocycles. The van der Waals surface area contributed by atoms with E-state index in [2.05, 4.69) is 11.3 Å². The van der Waals surface area contributed by atoms with Crippen LogP contribution in [0.2, 0.25) is 0 Å². The molecule has 0 amide bonds. The highest BCUT2D eigenvalue weighted by atomic mass is 19.3. The Morgan fingerprint density at radius 1 is 1.40 bits per heavy atom. The molecule has 5 heteroatoms. The average Bonchev–Trinajstić information content (AvgIpc) is 2.16. The molecule has 0 rings (SSSR count). The van der Waals surface area contributed by atoms with Gasteiger partial charge < -0.3 is 4.74 Å². The lowest BCUT2D eigenvalue weighted by Crippen LogP contribution is -2.46. The zero-order chi connectivity index (χ0) is 12.3. The number of ketones is 1. The van der Waals surface area contributed by atoms with Crippen molar-refractivity contribution in [1.29, 1.82) is 0 Å². The summed E-state index contributed by atoms with van der Waals surface area (Å²) >= 11 is 0. The lowest BCUT2D eigenvalue weighted by atomic mass is 9.83. The summed E-state index contributed by atoms with van der Waals surface area (Å²) in [4.78, 5) is 22.0. The van der Waals surface area contributed by atoms with Crippen molar-refractivity contribution in [3.05, 3.63) is 12.7 Å². The Labute approximate surface area is 87.1 Å². The van der Waals surface area contributed by atoms with E-state index in [4.69, 9.17) is 0 Å². The van der Waals surface area contributed by atoms with Gasteiger partial charge in [-0.05, 0) is 6.92 Å². The molecule has 3 nitrogen and oxygen atoms in total. The summed E-state index contributed by atoms with van der Waals surface area (Å²) < 4.78 is 31.1. The Morgan fingerprint density at radius 2 is 1.87 bits per heavy atom. The van der Waals surface area contributed by atoms with Gasteiger partial charge in [-0.1, -0.05) is 19.9 Å². The van der Waals surface area contributed by atoms with Gasteiger partial charge in [-0.2, -0.15) is 8.78 Å². The molecule has 0 aromatic heterocycles. The quantitative estimate of drug-likeness (QED) is 0.404. The highest BCUT2D eigenvalue weighted by Crippen LogP contribution is 2.38. The Hall–Kier alpha value is -1.26. The molecule has 0 heterocycles. The van der Waals surface area contributed by atoms with Crippen LogP contribution in [0.4, 0.5) is 8.78 Å². The monoisotopic (exact) mass is 220 g/mol. The molecule has 0 aliphatic carbocycles. The van der Waals surface area contributed by atoms with Gasteiger partial charge in [0.15, 0.2) is 0 Å². The molecule has 15 heavy (non-hydrogen) atoms. The second kappa shape index (κ2) is 4.51. The van der Waals surface area contributed by atoms with Gasteiger partial charge in [-0.3, -0.25) is 4.79 Å². The zero-order valence-corrected chi connectivity index (χ0v) is 8.97. The van der Waals surface area contributed by atoms with E-state index in [0.29, 0.717) is 0 Å². The van der Waals surface area contributed by atoms with Crippen molar-refractivity contribution >= 4 is 11.8 Å². The molecule has 0 unspecified atom stereocenters. The number of Topliss-reactive ketones (excluding diaryl/α,β-unsaturated/α-hetero) is 1. The molecule has 0 N–H and O–H groups in total. The third kappa shape index (κ3) is 2.61. The molecule has 0 aromatic rings. The predicted octanol–water partition coefficient (Wildman–Crippen LogP) is 1.97. The van der Waals surface area contributed by atoms with Crippen molar-refractivity contribution < 1.29 is 23.1 Å². The largest absolute Gasteiger partial charge is 0.460 e. The van der Waals surface area contributed by atoms with Crippen LogP contribution in [-0.4, -0.2) is 24.3 Å². The number of rotatable bonds is 5. The predicted molar refractivity (Wildman–Crippen MR) is 50.6 cm³/mol. The van der Waals surface area contributed by atoms with E-state index in [9.17, 15) is 18.4 Å². The first-order valence-corrected chi connectivity index (χ1v) is 4.43. The van der Waals surface area contributed by atoms with E-state index in [1.807, 2.05) is 0 Å². The molecule has 0 bridgehead atoms. The van der Waals surface area contributed by atoms with Gasteiger partial charge in [-0.15, -0.1) is 6.58 Å². The van der Waals surface area contributed by atoms with Gasteiger partial charge in [-0.25, -0.2) is 4.79 Å². The molecule has 0 saturated heterocycles. The minimum Gasteiger partial charge on any atom is -0.460 e. The Morgan fingerprint density at radius 3 is 2.20 bits per heavy atom. The van der Waals surface area contributed by atoms with Crippen molar-refractivity contribution in [1.82, 2.24) is 0 Å². The number of halogens is 2. The van der Waals surface area contributed by atoms with Gasteiger partial charge in [0.2, 0.25) is 0 Å². The van der Waals surface area contributed by atoms with E-state index in [-0.39, 0.29) is 6.61 Å². The summed E-state index contributed by atoms with van der Waals surface area (Å²) in [5, 5.41) is 0. The van der Waals surface area contributed by atoms with E-state index in [1.54, 1.807) is 0 Å². The van der Waals surface area contributed by atoms with Crippen LogP contribution in [0.1, 0.15) is 20.8 Å². The smallest absolute Gasteiger partial charge is 0.381 e. The third-order valence-electron chi connectivity index (χ3n) is 2.07. The second-order valence-corrected chi connectivity index (χ2v) is 3.55. The van der Waals surface area contributed by atoms with Crippen molar-refractivity contribution in [3.8, 4) is 0 Å². The topological polar surface area (TPSA) is 43.4 Å². The molecule has 0 aromatic carbocycles. The summed E-state index contributed by atoms with van der Waals surface area (Å²) in [5.41, 5.74) is -1.78. The van der Waals surface area contributed by atoms with Crippen LogP contribution < -0.4 is 0 Å². The molecule has 0 aliphatic heterocycles. The molecule has 0 radical (unpaired) electrons. The SMILES string of the molecule is C=CC(C)(C)C(F)(F)C(=O)C(=O)OCC. The molecule has 0 atom stereocenters. The standard InChI is InChI=1S/C10H14F2O3/c1-5-9(3,4)10(11,12)7(13)8(14)15-6-2/h5H,1,6H2,2-4H3. The van der Waals surface area contributed by atoms with Gasteiger partial charge in [0, 0.05) is 0 Å². The van der Waals surface area contributed by atoms with Crippen LogP contribution in [0.15, 0.2) is 12.7 Å². The average molecular weight is 220 g/mol. The molecular weight excluding hydrogens is 206 g/mol. The number of hydrogen-bond acceptors (Lipinski definition) is 3. The zero-order valence-electron chi connectivity index (χ0n) is 8.97. The van der Waals surface area contributed by atoms with Gasteiger partial charge in [0.1, 0.15) is 0 Å². The third-order valence-corrected chi connectivity index (χ3v) is 2.07. The molecule has 0 spiro atoms. The van der Waals surface area contributed by atoms with Crippen LogP contribution >= 0.6 is 0 Å². The summed E-state index contributed by atoms with van der Waals surface area (Å²) in [6.45, 7) is 6.76.